The van der Waals surface area contributed by atoms with E-state index in [1.807, 2.05) is 6.07 Å². The largest absolute Gasteiger partial charge is 0.384 e. The van der Waals surface area contributed by atoms with Gasteiger partial charge in [-0.2, -0.15) is 0 Å². The number of nitrogens with one attached hydrogen (secondary N) is 1. The number of hydrogen-bond donors (Lipinski definition) is 1. The second-order valence-electron chi connectivity index (χ2n) is 2.28. The molecule has 3 heteroatoms. The summed E-state index contributed by atoms with van der Waals surface area (Å²) in [5, 5.41) is 0. The molecule has 1 rings (SSSR count). The van der Waals surface area contributed by atoms with Crippen molar-refractivity contribution in [1.29, 1.82) is 0 Å². The summed E-state index contributed by atoms with van der Waals surface area (Å²) in [6.07, 6.45) is 0.757. The predicted molar refractivity (Wildman–Crippen MR) is 42.6 cm³/mol. The molecule has 0 aliphatic heterocycles. The SMILES string of the molecule is COCCc1cccc(=O)[nH]1. The van der Waals surface area contributed by atoms with Crippen LogP contribution in [0.25, 0.3) is 0 Å². The van der Waals surface area contributed by atoms with Crippen LogP contribution in [0, 0.1) is 0 Å². The summed E-state index contributed by atoms with van der Waals surface area (Å²) in [5.74, 6) is 0. The van der Waals surface area contributed by atoms with Crippen molar-refractivity contribution >= 4 is 0 Å². The molecule has 3 nitrogen and oxygen atoms in total. The van der Waals surface area contributed by atoms with Crippen LogP contribution in [0.4, 0.5) is 0 Å². The number of ether oxygens (including phenoxy) is 1. The van der Waals surface area contributed by atoms with Crippen molar-refractivity contribution in [3.63, 3.8) is 0 Å². The highest BCUT2D eigenvalue weighted by atomic mass is 16.5. The molecule has 0 amide bonds. The van der Waals surface area contributed by atoms with E-state index in [-0.39, 0.29) is 5.56 Å². The number of aromatic amines is 1. The van der Waals surface area contributed by atoms with E-state index >= 15 is 0 Å². The highest BCUT2D eigenvalue weighted by Crippen LogP contribution is 1.90. The fourth-order valence-electron chi connectivity index (χ4n) is 0.851. The number of H-pyrrole nitrogens is 1. The van der Waals surface area contributed by atoms with Crippen molar-refractivity contribution < 1.29 is 4.74 Å². The van der Waals surface area contributed by atoms with E-state index in [0.29, 0.717) is 6.61 Å². The Morgan fingerprint density at radius 3 is 3.00 bits per heavy atom. The Morgan fingerprint density at radius 2 is 2.36 bits per heavy atom. The van der Waals surface area contributed by atoms with Gasteiger partial charge in [0, 0.05) is 25.3 Å². The van der Waals surface area contributed by atoms with E-state index in [4.69, 9.17) is 4.74 Å². The molecule has 1 heterocycles. The summed E-state index contributed by atoms with van der Waals surface area (Å²) in [7, 11) is 1.64. The Labute approximate surface area is 65.0 Å². The third-order valence-electron chi connectivity index (χ3n) is 1.40. The lowest BCUT2D eigenvalue weighted by Crippen LogP contribution is -2.07. The van der Waals surface area contributed by atoms with Crippen molar-refractivity contribution in [2.45, 2.75) is 6.42 Å². The van der Waals surface area contributed by atoms with Gasteiger partial charge in [-0.15, -0.1) is 0 Å². The zero-order chi connectivity index (χ0) is 8.10. The molecule has 60 valence electrons. The Morgan fingerprint density at radius 1 is 1.55 bits per heavy atom. The number of rotatable bonds is 3. The minimum absolute atomic E-state index is 0.0568. The van der Waals surface area contributed by atoms with Gasteiger partial charge >= 0.3 is 0 Å². The van der Waals surface area contributed by atoms with Crippen LogP contribution >= 0.6 is 0 Å². The van der Waals surface area contributed by atoms with Gasteiger partial charge in [-0.25, -0.2) is 0 Å². The van der Waals surface area contributed by atoms with Crippen LogP contribution in [0.15, 0.2) is 23.0 Å². The fraction of sp³-hybridized carbons (Fsp3) is 0.375. The Kier molecular flexibility index (Phi) is 2.86. The second kappa shape index (κ2) is 3.93. The normalized spacial score (nSPS) is 9.91. The van der Waals surface area contributed by atoms with Crippen molar-refractivity contribution in [1.82, 2.24) is 4.98 Å². The van der Waals surface area contributed by atoms with Crippen LogP contribution in [0.3, 0.4) is 0 Å². The Balaban J connectivity index is 2.64. The van der Waals surface area contributed by atoms with Crippen LogP contribution in [0.1, 0.15) is 5.69 Å². The first kappa shape index (κ1) is 8.01. The smallest absolute Gasteiger partial charge is 0.248 e. The van der Waals surface area contributed by atoms with Crippen molar-refractivity contribution in [2.75, 3.05) is 13.7 Å². The molecule has 0 spiro atoms. The lowest BCUT2D eigenvalue weighted by atomic mass is 10.3. The van der Waals surface area contributed by atoms with Crippen LogP contribution < -0.4 is 5.56 Å². The molecule has 0 aromatic carbocycles. The first-order valence-electron chi connectivity index (χ1n) is 3.50. The average molecular weight is 153 g/mol. The van der Waals surface area contributed by atoms with E-state index in [9.17, 15) is 4.79 Å². The zero-order valence-electron chi connectivity index (χ0n) is 6.46. The summed E-state index contributed by atoms with van der Waals surface area (Å²) in [6, 6.07) is 5.11. The van der Waals surface area contributed by atoms with Crippen molar-refractivity contribution in [3.05, 3.63) is 34.2 Å². The molecule has 1 aromatic rings. The number of methoxy groups -OCH3 is 1. The summed E-state index contributed by atoms with van der Waals surface area (Å²) in [5.41, 5.74) is 0.859. The van der Waals surface area contributed by atoms with Gasteiger partial charge in [0.2, 0.25) is 5.56 Å². The maximum Gasteiger partial charge on any atom is 0.248 e. The molecule has 0 aliphatic rings. The van der Waals surface area contributed by atoms with Gasteiger partial charge in [-0.1, -0.05) is 6.07 Å². The molecule has 0 saturated carbocycles. The number of hydrogen-bond acceptors (Lipinski definition) is 2. The van der Waals surface area contributed by atoms with Crippen LogP contribution in [0.2, 0.25) is 0 Å². The predicted octanol–water partition coefficient (Wildman–Crippen LogP) is 0.564. The topological polar surface area (TPSA) is 42.1 Å². The molecule has 0 saturated heterocycles. The maximum absolute atomic E-state index is 10.8. The van der Waals surface area contributed by atoms with E-state index in [0.717, 1.165) is 12.1 Å². The molecule has 1 N–H and O–H groups in total. The van der Waals surface area contributed by atoms with Gasteiger partial charge in [-0.05, 0) is 6.07 Å². The Hall–Kier alpha value is -1.09. The molecule has 1 aromatic heterocycles. The lowest BCUT2D eigenvalue weighted by Gasteiger charge is -1.97. The summed E-state index contributed by atoms with van der Waals surface area (Å²) >= 11 is 0. The van der Waals surface area contributed by atoms with Crippen LogP contribution in [-0.4, -0.2) is 18.7 Å². The van der Waals surface area contributed by atoms with E-state index in [2.05, 4.69) is 4.98 Å². The number of pyridine rings is 1. The van der Waals surface area contributed by atoms with Gasteiger partial charge in [0.1, 0.15) is 0 Å². The van der Waals surface area contributed by atoms with Crippen molar-refractivity contribution in [2.24, 2.45) is 0 Å². The van der Waals surface area contributed by atoms with Gasteiger partial charge in [0.05, 0.1) is 6.61 Å². The molecule has 0 radical (unpaired) electrons. The van der Waals surface area contributed by atoms with Gasteiger partial charge < -0.3 is 9.72 Å². The van der Waals surface area contributed by atoms with Gasteiger partial charge in [0.25, 0.3) is 0 Å². The first-order valence-corrected chi connectivity index (χ1v) is 3.50. The molecular formula is C8H11NO2. The third-order valence-corrected chi connectivity index (χ3v) is 1.40. The summed E-state index contributed by atoms with van der Waals surface area (Å²) < 4.78 is 4.86. The highest BCUT2D eigenvalue weighted by Gasteiger charge is 1.90. The molecule has 0 atom stereocenters. The molecular weight excluding hydrogens is 142 g/mol. The first-order chi connectivity index (χ1) is 5.33. The monoisotopic (exact) mass is 153 g/mol. The average Bonchev–Trinajstić information content (AvgIpc) is 2.01. The maximum atomic E-state index is 10.8. The molecule has 0 aliphatic carbocycles. The fourth-order valence-corrected chi connectivity index (χ4v) is 0.851. The molecule has 0 fully saturated rings. The Bertz CT molecular complexity index is 267. The van der Waals surface area contributed by atoms with Crippen molar-refractivity contribution in [3.8, 4) is 0 Å². The zero-order valence-corrected chi connectivity index (χ0v) is 6.46. The standard InChI is InChI=1S/C8H11NO2/c1-11-6-5-7-3-2-4-8(10)9-7/h2-4H,5-6H2,1H3,(H,9,10). The quantitative estimate of drug-likeness (QED) is 0.689. The minimum atomic E-state index is -0.0568. The summed E-state index contributed by atoms with van der Waals surface area (Å²) in [4.78, 5) is 13.5. The molecule has 0 unspecified atom stereocenters. The summed E-state index contributed by atoms with van der Waals surface area (Å²) in [6.45, 7) is 0.639. The minimum Gasteiger partial charge on any atom is -0.384 e. The molecule has 11 heavy (non-hydrogen) atoms. The third kappa shape index (κ3) is 2.55. The van der Waals surface area contributed by atoms with Gasteiger partial charge in [0.15, 0.2) is 0 Å². The number of aromatic nitrogens is 1. The second-order valence-corrected chi connectivity index (χ2v) is 2.28. The van der Waals surface area contributed by atoms with E-state index in [1.165, 1.54) is 6.07 Å². The van der Waals surface area contributed by atoms with Gasteiger partial charge in [-0.3, -0.25) is 4.79 Å². The lowest BCUT2D eigenvalue weighted by molar-refractivity contribution is 0.201. The molecule has 0 bridgehead atoms. The highest BCUT2D eigenvalue weighted by molar-refractivity contribution is 5.03. The van der Waals surface area contributed by atoms with E-state index < -0.39 is 0 Å². The van der Waals surface area contributed by atoms with Crippen LogP contribution in [-0.2, 0) is 11.2 Å². The van der Waals surface area contributed by atoms with E-state index in [1.54, 1.807) is 13.2 Å². The van der Waals surface area contributed by atoms with Crippen LogP contribution in [0.5, 0.6) is 0 Å².